The van der Waals surface area contributed by atoms with Crippen LogP contribution in [-0.4, -0.2) is 30.0 Å². The van der Waals surface area contributed by atoms with Crippen molar-refractivity contribution in [1.82, 2.24) is 29.8 Å². The zero-order chi connectivity index (χ0) is 23.5. The summed E-state index contributed by atoms with van der Waals surface area (Å²) in [5.74, 6) is 2.74. The summed E-state index contributed by atoms with van der Waals surface area (Å²) in [7, 11) is 0. The average Bonchev–Trinajstić information content (AvgIpc) is 3.24. The monoisotopic (exact) mass is 464 g/mol. The number of aryl methyl sites for hydroxylation is 1. The van der Waals surface area contributed by atoms with Gasteiger partial charge < -0.3 is 10.3 Å². The molecule has 0 spiro atoms. The lowest BCUT2D eigenvalue weighted by atomic mass is 9.46. The van der Waals surface area contributed by atoms with Gasteiger partial charge in [0.15, 0.2) is 11.2 Å². The van der Waals surface area contributed by atoms with Crippen LogP contribution in [-0.2, 0) is 24.9 Å². The summed E-state index contributed by atoms with van der Waals surface area (Å²) < 4.78 is 15.5. The molecule has 8 heteroatoms. The van der Waals surface area contributed by atoms with E-state index in [0.717, 1.165) is 55.7 Å². The number of H-pyrrole nitrogens is 1. The van der Waals surface area contributed by atoms with Crippen LogP contribution in [0.2, 0.25) is 0 Å². The molecule has 4 saturated carbocycles. The van der Waals surface area contributed by atoms with Crippen LogP contribution in [0.15, 0.2) is 23.3 Å². The zero-order valence-electron chi connectivity index (χ0n) is 20.0. The number of imidazole rings is 1. The van der Waals surface area contributed by atoms with Crippen molar-refractivity contribution in [3.8, 4) is 0 Å². The summed E-state index contributed by atoms with van der Waals surface area (Å²) in [6.07, 6.45) is 11.4. The van der Waals surface area contributed by atoms with E-state index < -0.39 is 0 Å². The Bertz CT molecular complexity index is 1280. The fourth-order valence-corrected chi connectivity index (χ4v) is 7.59. The third-order valence-electron chi connectivity index (χ3n) is 8.45. The molecule has 4 fully saturated rings. The Balaban J connectivity index is 1.35. The van der Waals surface area contributed by atoms with Gasteiger partial charge in [0.25, 0.3) is 5.56 Å². The number of nitrogens with zero attached hydrogens (tertiary/aromatic N) is 4. The van der Waals surface area contributed by atoms with Crippen LogP contribution in [0.4, 0.5) is 4.39 Å². The predicted octanol–water partition coefficient (Wildman–Crippen LogP) is 4.01. The van der Waals surface area contributed by atoms with Gasteiger partial charge in [0.2, 0.25) is 0 Å². The van der Waals surface area contributed by atoms with E-state index in [4.69, 9.17) is 9.97 Å². The van der Waals surface area contributed by atoms with Crippen molar-refractivity contribution in [2.45, 2.75) is 89.3 Å². The van der Waals surface area contributed by atoms with E-state index in [2.05, 4.69) is 22.2 Å². The molecular weight excluding hydrogens is 431 g/mol. The van der Waals surface area contributed by atoms with Gasteiger partial charge >= 0.3 is 0 Å². The first-order valence-electron chi connectivity index (χ1n) is 12.8. The summed E-state index contributed by atoms with van der Waals surface area (Å²) in [5, 5.41) is 3.82. The number of fused-ring (bicyclic) bond motifs is 1. The van der Waals surface area contributed by atoms with Crippen LogP contribution in [0, 0.1) is 17.7 Å². The molecule has 4 aliphatic rings. The van der Waals surface area contributed by atoms with Crippen LogP contribution in [0.1, 0.15) is 76.0 Å². The Morgan fingerprint density at radius 2 is 1.97 bits per heavy atom. The Morgan fingerprint density at radius 3 is 2.68 bits per heavy atom. The number of aromatic amines is 1. The van der Waals surface area contributed by atoms with Crippen molar-refractivity contribution in [2.24, 2.45) is 11.8 Å². The number of pyridine rings is 1. The molecule has 0 saturated heterocycles. The fraction of sp³-hybridized carbons (Fsp3) is 0.615. The van der Waals surface area contributed by atoms with Crippen molar-refractivity contribution in [1.29, 1.82) is 0 Å². The first kappa shape index (κ1) is 21.9. The molecule has 180 valence electrons. The highest BCUT2D eigenvalue weighted by Crippen LogP contribution is 2.61. The van der Waals surface area contributed by atoms with Crippen molar-refractivity contribution in [3.63, 3.8) is 0 Å². The maximum absolute atomic E-state index is 13.7. The molecule has 0 amide bonds. The topological polar surface area (TPSA) is 88.5 Å². The van der Waals surface area contributed by atoms with Crippen LogP contribution in [0.5, 0.6) is 0 Å². The number of rotatable bonds is 7. The van der Waals surface area contributed by atoms with Crippen LogP contribution >= 0.6 is 0 Å². The Hall–Kier alpha value is -2.61. The number of nitrogens with one attached hydrogen (secondary N) is 2. The summed E-state index contributed by atoms with van der Waals surface area (Å²) in [6, 6.07) is 1.56. The SMILES string of the molecule is CCCn1c(CC)nc2nc(C34CC5CC(CC(NCc6cncc(F)c6)(C5)C3)C4)[nH]c2c1=O. The molecule has 3 aromatic rings. The normalized spacial score (nSPS) is 29.9. The number of hydrogen-bond donors (Lipinski definition) is 2. The zero-order valence-corrected chi connectivity index (χ0v) is 20.0. The molecule has 0 radical (unpaired) electrons. The van der Waals surface area contributed by atoms with Crippen LogP contribution in [0.25, 0.3) is 11.2 Å². The van der Waals surface area contributed by atoms with Crippen molar-refractivity contribution >= 4 is 11.2 Å². The van der Waals surface area contributed by atoms with E-state index in [-0.39, 0.29) is 22.3 Å². The molecule has 4 bridgehead atoms. The van der Waals surface area contributed by atoms with Crippen LogP contribution < -0.4 is 10.9 Å². The molecule has 2 atom stereocenters. The van der Waals surface area contributed by atoms with Gasteiger partial charge in [0.05, 0.1) is 6.20 Å². The largest absolute Gasteiger partial charge is 0.336 e. The minimum absolute atomic E-state index is 0.00128. The third kappa shape index (κ3) is 3.49. The number of hydrogen-bond acceptors (Lipinski definition) is 5. The van der Waals surface area contributed by atoms with E-state index in [9.17, 15) is 9.18 Å². The summed E-state index contributed by atoms with van der Waals surface area (Å²) in [4.78, 5) is 30.5. The second-order valence-corrected chi connectivity index (χ2v) is 11.0. The lowest BCUT2D eigenvalue weighted by Gasteiger charge is -2.61. The van der Waals surface area contributed by atoms with Crippen LogP contribution in [0.3, 0.4) is 0 Å². The molecule has 2 N–H and O–H groups in total. The van der Waals surface area contributed by atoms with E-state index >= 15 is 0 Å². The van der Waals surface area contributed by atoms with E-state index in [1.165, 1.54) is 12.6 Å². The molecule has 7 nitrogen and oxygen atoms in total. The third-order valence-corrected chi connectivity index (χ3v) is 8.45. The smallest absolute Gasteiger partial charge is 0.279 e. The van der Waals surface area contributed by atoms with Gasteiger partial charge in [0.1, 0.15) is 17.5 Å². The molecular formula is C26H33FN6O. The lowest BCUT2D eigenvalue weighted by Crippen LogP contribution is -2.63. The van der Waals surface area contributed by atoms with Gasteiger partial charge in [-0.05, 0) is 68.4 Å². The highest BCUT2D eigenvalue weighted by Gasteiger charge is 2.59. The maximum Gasteiger partial charge on any atom is 0.279 e. The lowest BCUT2D eigenvalue weighted by molar-refractivity contribution is -0.0446. The van der Waals surface area contributed by atoms with Crippen molar-refractivity contribution in [3.05, 3.63) is 51.8 Å². The van der Waals surface area contributed by atoms with E-state index in [1.807, 2.05) is 6.92 Å². The second kappa shape index (κ2) is 7.97. The van der Waals surface area contributed by atoms with Gasteiger partial charge in [-0.25, -0.2) is 14.4 Å². The predicted molar refractivity (Wildman–Crippen MR) is 128 cm³/mol. The summed E-state index contributed by atoms with van der Waals surface area (Å²) in [6.45, 7) is 5.41. The summed E-state index contributed by atoms with van der Waals surface area (Å²) >= 11 is 0. The van der Waals surface area contributed by atoms with Crippen molar-refractivity contribution in [2.75, 3.05) is 0 Å². The van der Waals surface area contributed by atoms with Gasteiger partial charge in [0, 0.05) is 36.7 Å². The molecule has 7 rings (SSSR count). The molecule has 34 heavy (non-hydrogen) atoms. The average molecular weight is 465 g/mol. The highest BCUT2D eigenvalue weighted by atomic mass is 19.1. The highest BCUT2D eigenvalue weighted by molar-refractivity contribution is 5.69. The van der Waals surface area contributed by atoms with E-state index in [1.54, 1.807) is 16.8 Å². The van der Waals surface area contributed by atoms with Crippen molar-refractivity contribution < 1.29 is 4.39 Å². The van der Waals surface area contributed by atoms with Gasteiger partial charge in [-0.2, -0.15) is 0 Å². The fourth-order valence-electron chi connectivity index (χ4n) is 7.59. The maximum atomic E-state index is 13.7. The van der Waals surface area contributed by atoms with Gasteiger partial charge in [-0.15, -0.1) is 0 Å². The molecule has 3 aromatic heterocycles. The molecule has 0 aromatic carbocycles. The van der Waals surface area contributed by atoms with Gasteiger partial charge in [-0.3, -0.25) is 14.3 Å². The van der Waals surface area contributed by atoms with E-state index in [0.29, 0.717) is 42.5 Å². The second-order valence-electron chi connectivity index (χ2n) is 11.0. The quantitative estimate of drug-likeness (QED) is 0.552. The first-order chi connectivity index (χ1) is 16.4. The first-order valence-corrected chi connectivity index (χ1v) is 12.8. The Kier molecular flexibility index (Phi) is 5.13. The van der Waals surface area contributed by atoms with Gasteiger partial charge in [-0.1, -0.05) is 13.8 Å². The molecule has 4 aliphatic carbocycles. The summed E-state index contributed by atoms with van der Waals surface area (Å²) in [5.41, 5.74) is 1.93. The molecule has 2 unspecified atom stereocenters. The minimum Gasteiger partial charge on any atom is -0.336 e. The molecule has 3 heterocycles. The molecule has 0 aliphatic heterocycles. The number of aromatic nitrogens is 5. The minimum atomic E-state index is -0.295. The number of halogens is 1. The Morgan fingerprint density at radius 1 is 1.18 bits per heavy atom. The Labute approximate surface area is 198 Å². The standard InChI is InChI=1S/C26H33FN6O/c1-3-5-33-20(4-2)30-22-21(23(33)34)31-24(32-22)25-8-16-6-17(9-25)11-26(10-16,15-25)29-13-18-7-19(27)14-28-12-18/h7,12,14,16-17,29H,3-6,8-11,13,15H2,1-2H3,(H,31,32).